The minimum Gasteiger partial charge on any atom is -0.439 e. The van der Waals surface area contributed by atoms with Crippen LogP contribution in [0.25, 0.3) is 11.0 Å². The van der Waals surface area contributed by atoms with Crippen LogP contribution in [0, 0.1) is 0 Å². The average Bonchev–Trinajstić information content (AvgIpc) is 3.24. The van der Waals surface area contributed by atoms with E-state index in [1.807, 2.05) is 54.2 Å². The minimum atomic E-state index is -0.143. The maximum atomic E-state index is 12.8. The molecule has 0 amide bonds. The summed E-state index contributed by atoms with van der Waals surface area (Å²) in [5, 5.41) is 0. The summed E-state index contributed by atoms with van der Waals surface area (Å²) in [4.78, 5) is 24.7. The van der Waals surface area contributed by atoms with Crippen molar-refractivity contribution >= 4 is 28.6 Å². The van der Waals surface area contributed by atoms with Gasteiger partial charge >= 0.3 is 0 Å². The van der Waals surface area contributed by atoms with Gasteiger partial charge in [-0.2, -0.15) is 11.8 Å². The molecular formula is C24H21N3O2S. The molecule has 6 heteroatoms. The number of aromatic amines is 1. The third kappa shape index (κ3) is 3.83. The van der Waals surface area contributed by atoms with Gasteiger partial charge in [-0.15, -0.1) is 0 Å². The van der Waals surface area contributed by atoms with Crippen molar-refractivity contribution in [3.63, 3.8) is 0 Å². The van der Waals surface area contributed by atoms with E-state index in [1.165, 1.54) is 17.1 Å². The van der Waals surface area contributed by atoms with Gasteiger partial charge < -0.3 is 9.72 Å². The number of carbonyl (C=O) groups is 1. The first kappa shape index (κ1) is 18.9. The predicted molar refractivity (Wildman–Crippen MR) is 120 cm³/mol. The second kappa shape index (κ2) is 8.32. The number of hydrogen-bond donors (Lipinski definition) is 1. The highest BCUT2D eigenvalue weighted by molar-refractivity contribution is 7.99. The highest BCUT2D eigenvalue weighted by atomic mass is 32.2. The number of nitrogens with one attached hydrogen (secondary N) is 1. The molecule has 1 N–H and O–H groups in total. The van der Waals surface area contributed by atoms with E-state index in [4.69, 9.17) is 4.74 Å². The molecule has 5 nitrogen and oxygen atoms in total. The van der Waals surface area contributed by atoms with E-state index in [0.29, 0.717) is 28.9 Å². The summed E-state index contributed by atoms with van der Waals surface area (Å²) in [5.74, 6) is 4.37. The van der Waals surface area contributed by atoms with Crippen LogP contribution in [0.5, 0.6) is 11.6 Å². The van der Waals surface area contributed by atoms with Crippen LogP contribution in [-0.2, 0) is 0 Å². The molecule has 30 heavy (non-hydrogen) atoms. The molecule has 0 aliphatic carbocycles. The lowest BCUT2D eigenvalue weighted by Crippen LogP contribution is -2.09. The molecule has 1 aliphatic rings. The molecular weight excluding hydrogens is 394 g/mol. The fourth-order valence-corrected chi connectivity index (χ4v) is 4.90. The molecule has 3 heterocycles. The lowest BCUT2D eigenvalue weighted by molar-refractivity contribution is 0.103. The third-order valence-electron chi connectivity index (χ3n) is 5.40. The summed E-state index contributed by atoms with van der Waals surface area (Å²) in [6.45, 7) is 0. The monoisotopic (exact) mass is 415 g/mol. The topological polar surface area (TPSA) is 67.9 Å². The molecule has 1 saturated heterocycles. The summed E-state index contributed by atoms with van der Waals surface area (Å²) in [6.07, 6.45) is 4.06. The van der Waals surface area contributed by atoms with E-state index in [2.05, 4.69) is 21.0 Å². The smallest absolute Gasteiger partial charge is 0.228 e. The van der Waals surface area contributed by atoms with Gasteiger partial charge in [0.2, 0.25) is 11.7 Å². The minimum absolute atomic E-state index is 0.143. The SMILES string of the molecule is O=C(c1ccc(Oc2ncccc2C2CCSCC2)cc1)c1nc2ccccc2[nH]1. The van der Waals surface area contributed by atoms with E-state index >= 15 is 0 Å². The second-order valence-electron chi connectivity index (χ2n) is 7.34. The third-order valence-corrected chi connectivity index (χ3v) is 6.45. The maximum absolute atomic E-state index is 12.8. The van der Waals surface area contributed by atoms with Gasteiger partial charge in [0.25, 0.3) is 0 Å². The Labute approximate surface area is 178 Å². The van der Waals surface area contributed by atoms with Crippen molar-refractivity contribution in [2.24, 2.45) is 0 Å². The van der Waals surface area contributed by atoms with E-state index in [9.17, 15) is 4.79 Å². The van der Waals surface area contributed by atoms with Gasteiger partial charge in [-0.25, -0.2) is 9.97 Å². The molecule has 2 aromatic heterocycles. The van der Waals surface area contributed by atoms with Crippen molar-refractivity contribution < 1.29 is 9.53 Å². The fourth-order valence-electron chi connectivity index (χ4n) is 3.79. The number of para-hydroxylation sites is 2. The number of rotatable bonds is 5. The quantitative estimate of drug-likeness (QED) is 0.430. The number of ketones is 1. The van der Waals surface area contributed by atoms with Gasteiger partial charge in [0.1, 0.15) is 5.75 Å². The Hall–Kier alpha value is -3.12. The van der Waals surface area contributed by atoms with Crippen LogP contribution < -0.4 is 4.74 Å². The number of H-pyrrole nitrogens is 1. The van der Waals surface area contributed by atoms with Gasteiger partial charge in [0.15, 0.2) is 5.82 Å². The fraction of sp³-hybridized carbons (Fsp3) is 0.208. The highest BCUT2D eigenvalue weighted by Gasteiger charge is 2.20. The van der Waals surface area contributed by atoms with Crippen molar-refractivity contribution in [3.8, 4) is 11.6 Å². The number of pyridine rings is 1. The zero-order valence-corrected chi connectivity index (χ0v) is 17.2. The highest BCUT2D eigenvalue weighted by Crippen LogP contribution is 2.36. The summed E-state index contributed by atoms with van der Waals surface area (Å²) >= 11 is 2.01. The van der Waals surface area contributed by atoms with Crippen molar-refractivity contribution in [1.29, 1.82) is 0 Å². The Morgan fingerprint density at radius 3 is 2.60 bits per heavy atom. The van der Waals surface area contributed by atoms with Crippen molar-refractivity contribution in [3.05, 3.63) is 83.8 Å². The molecule has 0 unspecified atom stereocenters. The molecule has 0 atom stereocenters. The zero-order chi connectivity index (χ0) is 20.3. The molecule has 0 saturated carbocycles. The Morgan fingerprint density at radius 1 is 1.00 bits per heavy atom. The van der Waals surface area contributed by atoms with E-state index < -0.39 is 0 Å². The lowest BCUT2D eigenvalue weighted by Gasteiger charge is -2.23. The Morgan fingerprint density at radius 2 is 1.80 bits per heavy atom. The van der Waals surface area contributed by atoms with Crippen molar-refractivity contribution in [1.82, 2.24) is 15.0 Å². The number of nitrogens with zero attached hydrogens (tertiary/aromatic N) is 2. The summed E-state index contributed by atoms with van der Waals surface area (Å²) in [7, 11) is 0. The van der Waals surface area contributed by atoms with Gasteiger partial charge in [-0.3, -0.25) is 4.79 Å². The van der Waals surface area contributed by atoms with Crippen LogP contribution >= 0.6 is 11.8 Å². The summed E-state index contributed by atoms with van der Waals surface area (Å²) in [6, 6.07) is 18.9. The molecule has 0 bridgehead atoms. The largest absolute Gasteiger partial charge is 0.439 e. The molecule has 0 spiro atoms. The Balaban J connectivity index is 1.35. The van der Waals surface area contributed by atoms with Crippen LogP contribution in [0.1, 0.15) is 40.5 Å². The zero-order valence-electron chi connectivity index (χ0n) is 16.4. The number of ether oxygens (including phenoxy) is 1. The molecule has 2 aromatic carbocycles. The number of fused-ring (bicyclic) bond motifs is 1. The molecule has 0 radical (unpaired) electrons. The van der Waals surface area contributed by atoms with Gasteiger partial charge in [-0.1, -0.05) is 18.2 Å². The standard InChI is InChI=1S/C24H21N3O2S/c28-22(23-26-20-5-1-2-6-21(20)27-23)17-7-9-18(10-8-17)29-24-19(4-3-13-25-24)16-11-14-30-15-12-16/h1-10,13,16H,11-12,14-15H2,(H,26,27). The first-order valence-corrected chi connectivity index (χ1v) is 11.2. The van der Waals surface area contributed by atoms with Crippen molar-refractivity contribution in [2.45, 2.75) is 18.8 Å². The lowest BCUT2D eigenvalue weighted by atomic mass is 9.94. The predicted octanol–water partition coefficient (Wildman–Crippen LogP) is 5.59. The molecule has 150 valence electrons. The number of carbonyl (C=O) groups excluding carboxylic acids is 1. The molecule has 5 rings (SSSR count). The van der Waals surface area contributed by atoms with Gasteiger partial charge in [0, 0.05) is 17.3 Å². The van der Waals surface area contributed by atoms with Gasteiger partial charge in [0.05, 0.1) is 11.0 Å². The van der Waals surface area contributed by atoms with E-state index in [-0.39, 0.29) is 5.78 Å². The molecule has 1 aliphatic heterocycles. The number of benzene rings is 2. The van der Waals surface area contributed by atoms with E-state index in [0.717, 1.165) is 23.9 Å². The van der Waals surface area contributed by atoms with Crippen molar-refractivity contribution in [2.75, 3.05) is 11.5 Å². The first-order valence-electron chi connectivity index (χ1n) is 10.1. The Kier molecular flexibility index (Phi) is 5.24. The van der Waals surface area contributed by atoms with Crippen LogP contribution in [0.3, 0.4) is 0 Å². The number of thioether (sulfide) groups is 1. The van der Waals surface area contributed by atoms with Crippen LogP contribution in [0.15, 0.2) is 66.9 Å². The van der Waals surface area contributed by atoms with Crippen LogP contribution in [0.4, 0.5) is 0 Å². The van der Waals surface area contributed by atoms with Crippen LogP contribution in [0.2, 0.25) is 0 Å². The number of imidazole rings is 1. The molecule has 1 fully saturated rings. The number of hydrogen-bond acceptors (Lipinski definition) is 5. The normalized spacial score (nSPS) is 14.7. The summed E-state index contributed by atoms with van der Waals surface area (Å²) < 4.78 is 6.10. The average molecular weight is 416 g/mol. The first-order chi connectivity index (χ1) is 14.8. The number of aromatic nitrogens is 3. The molecule has 4 aromatic rings. The second-order valence-corrected chi connectivity index (χ2v) is 8.57. The summed E-state index contributed by atoms with van der Waals surface area (Å²) in [5.41, 5.74) is 3.36. The maximum Gasteiger partial charge on any atom is 0.228 e. The Bertz CT molecular complexity index is 1150. The van der Waals surface area contributed by atoms with Gasteiger partial charge in [-0.05, 0) is 72.7 Å². The van der Waals surface area contributed by atoms with E-state index in [1.54, 1.807) is 18.3 Å². The van der Waals surface area contributed by atoms with Crippen LogP contribution in [-0.4, -0.2) is 32.2 Å².